The molecular weight excluding hydrogens is 451 g/mol. The molecule has 0 aromatic heterocycles. The van der Waals surface area contributed by atoms with E-state index in [4.69, 9.17) is 14.5 Å². The predicted molar refractivity (Wildman–Crippen MR) is 120 cm³/mol. The zero-order valence-electron chi connectivity index (χ0n) is 16.3. The summed E-state index contributed by atoms with van der Waals surface area (Å²) < 4.78 is 10.8. The fourth-order valence-electron chi connectivity index (χ4n) is 2.69. The van der Waals surface area contributed by atoms with Gasteiger partial charge in [0.15, 0.2) is 5.96 Å². The first-order valence-corrected chi connectivity index (χ1v) is 10.2. The van der Waals surface area contributed by atoms with Crippen LogP contribution in [-0.4, -0.2) is 88.6 Å². The summed E-state index contributed by atoms with van der Waals surface area (Å²) >= 11 is 1.93. The zero-order valence-corrected chi connectivity index (χ0v) is 19.5. The topological polar surface area (TPSA) is 58.1 Å². The van der Waals surface area contributed by atoms with Crippen LogP contribution in [0.3, 0.4) is 0 Å². The van der Waals surface area contributed by atoms with Crippen LogP contribution in [0.15, 0.2) is 4.99 Å². The first-order valence-electron chi connectivity index (χ1n) is 8.98. The molecule has 0 bridgehead atoms. The Morgan fingerprint density at radius 1 is 1.28 bits per heavy atom. The Labute approximate surface area is 175 Å². The monoisotopic (exact) mass is 488 g/mol. The molecule has 1 aliphatic rings. The molecule has 1 fully saturated rings. The normalized spacial score (nSPS) is 17.2. The highest BCUT2D eigenvalue weighted by molar-refractivity contribution is 14.0. The van der Waals surface area contributed by atoms with Gasteiger partial charge in [-0.05, 0) is 39.5 Å². The van der Waals surface area contributed by atoms with Crippen molar-refractivity contribution in [1.82, 2.24) is 15.5 Å². The van der Waals surface area contributed by atoms with E-state index in [9.17, 15) is 0 Å². The van der Waals surface area contributed by atoms with Gasteiger partial charge in [-0.3, -0.25) is 4.99 Å². The molecular formula is C17H37IN4O2S. The Bertz CT molecular complexity index is 356. The number of hydrogen-bond acceptors (Lipinski definition) is 5. The van der Waals surface area contributed by atoms with Crippen LogP contribution in [0, 0.1) is 0 Å². The third-order valence-corrected chi connectivity index (χ3v) is 5.78. The summed E-state index contributed by atoms with van der Waals surface area (Å²) in [5.74, 6) is 0.919. The van der Waals surface area contributed by atoms with Crippen LogP contribution in [-0.2, 0) is 9.47 Å². The highest BCUT2D eigenvalue weighted by Gasteiger charge is 2.31. The summed E-state index contributed by atoms with van der Waals surface area (Å²) in [5.41, 5.74) is 0. The minimum Gasteiger partial charge on any atom is -0.385 e. The van der Waals surface area contributed by atoms with Gasteiger partial charge in [0.25, 0.3) is 0 Å². The minimum absolute atomic E-state index is 0. The van der Waals surface area contributed by atoms with E-state index in [-0.39, 0.29) is 28.7 Å². The molecule has 0 spiro atoms. The number of guanidine groups is 1. The summed E-state index contributed by atoms with van der Waals surface area (Å²) in [5, 5.41) is 6.80. The van der Waals surface area contributed by atoms with Crippen LogP contribution in [0.1, 0.15) is 26.2 Å². The van der Waals surface area contributed by atoms with Gasteiger partial charge in [0.2, 0.25) is 0 Å². The van der Waals surface area contributed by atoms with Gasteiger partial charge in [-0.25, -0.2) is 0 Å². The van der Waals surface area contributed by atoms with Crippen molar-refractivity contribution in [1.29, 1.82) is 0 Å². The number of rotatable bonds is 11. The molecule has 0 aromatic carbocycles. The summed E-state index contributed by atoms with van der Waals surface area (Å²) in [4.78, 5) is 7.15. The molecule has 0 aromatic rings. The Morgan fingerprint density at radius 2 is 2.00 bits per heavy atom. The van der Waals surface area contributed by atoms with Crippen LogP contribution < -0.4 is 10.6 Å². The zero-order chi connectivity index (χ0) is 17.7. The molecule has 2 N–H and O–H groups in total. The molecule has 150 valence electrons. The highest BCUT2D eigenvalue weighted by Crippen LogP contribution is 2.33. The van der Waals surface area contributed by atoms with Gasteiger partial charge in [0, 0.05) is 57.9 Å². The van der Waals surface area contributed by atoms with Gasteiger partial charge in [-0.15, -0.1) is 24.0 Å². The molecule has 0 aliphatic carbocycles. The Morgan fingerprint density at radius 3 is 2.60 bits per heavy atom. The van der Waals surface area contributed by atoms with Crippen molar-refractivity contribution >= 4 is 41.7 Å². The number of hydrogen-bond donors (Lipinski definition) is 2. The fraction of sp³-hybridized carbons (Fsp3) is 0.941. The average Bonchev–Trinajstić information content (AvgIpc) is 2.61. The lowest BCUT2D eigenvalue weighted by Crippen LogP contribution is -2.43. The molecule has 8 heteroatoms. The van der Waals surface area contributed by atoms with E-state index in [2.05, 4.69) is 35.8 Å². The molecule has 1 rings (SSSR count). The molecule has 1 aliphatic heterocycles. The van der Waals surface area contributed by atoms with Gasteiger partial charge in [0.1, 0.15) is 0 Å². The Hall–Kier alpha value is 0.230. The SMILES string of the molecule is CCNC(=NCC1(SC)CCOCC1)NCCN(C)CCCOC.I. The maximum Gasteiger partial charge on any atom is 0.191 e. The number of ether oxygens (including phenoxy) is 2. The van der Waals surface area contributed by atoms with Crippen molar-refractivity contribution in [3.63, 3.8) is 0 Å². The van der Waals surface area contributed by atoms with Gasteiger partial charge < -0.3 is 25.0 Å². The van der Waals surface area contributed by atoms with Crippen LogP contribution in [0.25, 0.3) is 0 Å². The summed E-state index contributed by atoms with van der Waals surface area (Å²) in [6.45, 7) is 9.30. The van der Waals surface area contributed by atoms with Crippen LogP contribution in [0.2, 0.25) is 0 Å². The van der Waals surface area contributed by atoms with Crippen molar-refractivity contribution in [2.24, 2.45) is 4.99 Å². The van der Waals surface area contributed by atoms with E-state index in [1.807, 2.05) is 11.8 Å². The lowest BCUT2D eigenvalue weighted by atomic mass is 9.99. The standard InChI is InChI=1S/C17H36N4O2S.HI/c1-5-18-16(19-9-11-21(2)10-6-12-22-3)20-15-17(24-4)7-13-23-14-8-17;/h5-15H2,1-4H3,(H2,18,19,20);1H. The number of likely N-dealkylation sites (N-methyl/N-ethyl adjacent to an activating group) is 1. The summed E-state index contributed by atoms with van der Waals surface area (Å²) in [6, 6.07) is 0. The number of halogens is 1. The van der Waals surface area contributed by atoms with E-state index in [0.29, 0.717) is 0 Å². The van der Waals surface area contributed by atoms with E-state index in [0.717, 1.165) is 77.8 Å². The molecule has 25 heavy (non-hydrogen) atoms. The maximum atomic E-state index is 5.50. The second kappa shape index (κ2) is 15.3. The summed E-state index contributed by atoms with van der Waals surface area (Å²) in [6.07, 6.45) is 5.42. The third kappa shape index (κ3) is 10.8. The van der Waals surface area contributed by atoms with Gasteiger partial charge in [0.05, 0.1) is 6.54 Å². The van der Waals surface area contributed by atoms with Crippen LogP contribution >= 0.6 is 35.7 Å². The van der Waals surface area contributed by atoms with E-state index < -0.39 is 0 Å². The van der Waals surface area contributed by atoms with Crippen LogP contribution in [0.4, 0.5) is 0 Å². The third-order valence-electron chi connectivity index (χ3n) is 4.38. The van der Waals surface area contributed by atoms with E-state index in [1.54, 1.807) is 7.11 Å². The molecule has 1 heterocycles. The number of nitrogens with zero attached hydrogens (tertiary/aromatic N) is 2. The van der Waals surface area contributed by atoms with Gasteiger partial charge in [-0.2, -0.15) is 11.8 Å². The summed E-state index contributed by atoms with van der Waals surface area (Å²) in [7, 11) is 3.90. The smallest absolute Gasteiger partial charge is 0.191 e. The minimum atomic E-state index is 0. The lowest BCUT2D eigenvalue weighted by molar-refractivity contribution is 0.0794. The first-order chi connectivity index (χ1) is 11.7. The van der Waals surface area contributed by atoms with Crippen molar-refractivity contribution < 1.29 is 9.47 Å². The molecule has 0 saturated carbocycles. The van der Waals surface area contributed by atoms with E-state index >= 15 is 0 Å². The Balaban J connectivity index is 0.00000576. The van der Waals surface area contributed by atoms with Crippen molar-refractivity contribution in [2.75, 3.05) is 73.0 Å². The predicted octanol–water partition coefficient (Wildman–Crippen LogP) is 2.04. The molecule has 1 saturated heterocycles. The van der Waals surface area contributed by atoms with Crippen LogP contribution in [0.5, 0.6) is 0 Å². The largest absolute Gasteiger partial charge is 0.385 e. The Kier molecular flexibility index (Phi) is 15.4. The second-order valence-corrected chi connectivity index (χ2v) is 7.55. The molecule has 0 unspecified atom stereocenters. The number of thioether (sulfide) groups is 1. The van der Waals surface area contributed by atoms with Crippen molar-refractivity contribution in [3.8, 4) is 0 Å². The highest BCUT2D eigenvalue weighted by atomic mass is 127. The first kappa shape index (κ1) is 25.2. The average molecular weight is 488 g/mol. The van der Waals surface area contributed by atoms with Crippen molar-refractivity contribution in [2.45, 2.75) is 30.9 Å². The number of aliphatic imine (C=N–C) groups is 1. The molecule has 0 atom stereocenters. The van der Waals surface area contributed by atoms with Gasteiger partial charge in [-0.1, -0.05) is 0 Å². The maximum absolute atomic E-state index is 5.50. The lowest BCUT2D eigenvalue weighted by Gasteiger charge is -2.34. The number of methoxy groups -OCH3 is 1. The quantitative estimate of drug-likeness (QED) is 0.201. The fourth-order valence-corrected chi connectivity index (χ4v) is 3.46. The number of nitrogens with one attached hydrogen (secondary N) is 2. The molecule has 0 amide bonds. The van der Waals surface area contributed by atoms with Gasteiger partial charge >= 0.3 is 0 Å². The second-order valence-electron chi connectivity index (χ2n) is 6.27. The van der Waals surface area contributed by atoms with Crippen molar-refractivity contribution in [3.05, 3.63) is 0 Å². The van der Waals surface area contributed by atoms with E-state index in [1.165, 1.54) is 0 Å². The molecule has 0 radical (unpaired) electrons. The molecule has 6 nitrogen and oxygen atoms in total.